The number of carboxylic acid groups (broad SMARTS) is 1. The fourth-order valence-electron chi connectivity index (χ4n) is 1.84. The standard InChI is InChI=1S/C12H15NO4S/c14-12(15)11-8-13(9-11)18(16,17)7-6-10-4-2-1-3-5-10/h1-5,11H,6-9H2,(H,14,15). The van der Waals surface area contributed by atoms with Gasteiger partial charge in [0.1, 0.15) is 0 Å². The van der Waals surface area contributed by atoms with E-state index < -0.39 is 21.9 Å². The summed E-state index contributed by atoms with van der Waals surface area (Å²) in [5.74, 6) is -1.44. The van der Waals surface area contributed by atoms with Gasteiger partial charge in [0, 0.05) is 13.1 Å². The molecule has 1 saturated heterocycles. The summed E-state index contributed by atoms with van der Waals surface area (Å²) >= 11 is 0. The number of hydrogen-bond acceptors (Lipinski definition) is 3. The highest BCUT2D eigenvalue weighted by molar-refractivity contribution is 7.89. The van der Waals surface area contributed by atoms with Gasteiger partial charge in [0.25, 0.3) is 0 Å². The summed E-state index contributed by atoms with van der Waals surface area (Å²) < 4.78 is 25.0. The van der Waals surface area contributed by atoms with Crippen LogP contribution in [0.1, 0.15) is 5.56 Å². The summed E-state index contributed by atoms with van der Waals surface area (Å²) in [5.41, 5.74) is 0.969. The summed E-state index contributed by atoms with van der Waals surface area (Å²) in [7, 11) is -3.32. The van der Waals surface area contributed by atoms with Crippen molar-refractivity contribution in [2.75, 3.05) is 18.8 Å². The van der Waals surface area contributed by atoms with Crippen LogP contribution < -0.4 is 0 Å². The lowest BCUT2D eigenvalue weighted by Gasteiger charge is -2.35. The van der Waals surface area contributed by atoms with Crippen LogP contribution in [0.3, 0.4) is 0 Å². The predicted octanol–water partition coefficient (Wildman–Crippen LogP) is 0.575. The van der Waals surface area contributed by atoms with Crippen molar-refractivity contribution >= 4 is 16.0 Å². The van der Waals surface area contributed by atoms with Crippen molar-refractivity contribution in [1.29, 1.82) is 0 Å². The fourth-order valence-corrected chi connectivity index (χ4v) is 3.41. The second-order valence-electron chi connectivity index (χ2n) is 4.40. The molecule has 0 unspecified atom stereocenters. The smallest absolute Gasteiger partial charge is 0.309 e. The number of hydrogen-bond donors (Lipinski definition) is 1. The van der Waals surface area contributed by atoms with E-state index in [0.29, 0.717) is 6.42 Å². The number of sulfonamides is 1. The van der Waals surface area contributed by atoms with E-state index >= 15 is 0 Å². The molecule has 0 amide bonds. The van der Waals surface area contributed by atoms with Crippen LogP contribution in [-0.4, -0.2) is 42.6 Å². The van der Waals surface area contributed by atoms with E-state index in [1.54, 1.807) is 0 Å². The van der Waals surface area contributed by atoms with Crippen LogP contribution in [-0.2, 0) is 21.2 Å². The van der Waals surface area contributed by atoms with Crippen molar-refractivity contribution in [3.63, 3.8) is 0 Å². The lowest BCUT2D eigenvalue weighted by atomic mass is 10.0. The van der Waals surface area contributed by atoms with E-state index in [4.69, 9.17) is 5.11 Å². The Morgan fingerprint density at radius 2 is 1.89 bits per heavy atom. The molecule has 98 valence electrons. The Kier molecular flexibility index (Phi) is 3.68. The molecule has 0 aromatic heterocycles. The minimum atomic E-state index is -3.32. The number of carboxylic acids is 1. The van der Waals surface area contributed by atoms with Crippen molar-refractivity contribution < 1.29 is 18.3 Å². The summed E-state index contributed by atoms with van der Waals surface area (Å²) in [5, 5.41) is 8.70. The average Bonchev–Trinajstić information content (AvgIpc) is 2.25. The SMILES string of the molecule is O=C(O)C1CN(S(=O)(=O)CCc2ccccc2)C1. The number of rotatable bonds is 5. The lowest BCUT2D eigenvalue weighted by molar-refractivity contribution is -0.145. The molecule has 5 nitrogen and oxygen atoms in total. The van der Waals surface area contributed by atoms with Crippen LogP contribution in [0, 0.1) is 5.92 Å². The van der Waals surface area contributed by atoms with Crippen LogP contribution in [0.4, 0.5) is 0 Å². The Morgan fingerprint density at radius 3 is 2.44 bits per heavy atom. The summed E-state index contributed by atoms with van der Waals surface area (Å²) in [6.07, 6.45) is 0.456. The monoisotopic (exact) mass is 269 g/mol. The first-order valence-corrected chi connectivity index (χ1v) is 7.34. The van der Waals surface area contributed by atoms with Gasteiger partial charge in [0.2, 0.25) is 10.0 Å². The molecule has 0 bridgehead atoms. The van der Waals surface area contributed by atoms with Crippen molar-refractivity contribution in [2.45, 2.75) is 6.42 Å². The second-order valence-corrected chi connectivity index (χ2v) is 6.49. The maximum absolute atomic E-state index is 11.9. The first kappa shape index (κ1) is 13.0. The highest BCUT2D eigenvalue weighted by Crippen LogP contribution is 2.20. The van der Waals surface area contributed by atoms with Gasteiger partial charge in [-0.25, -0.2) is 12.7 Å². The second kappa shape index (κ2) is 5.07. The van der Waals surface area contributed by atoms with Gasteiger partial charge in [-0.1, -0.05) is 30.3 Å². The first-order valence-electron chi connectivity index (χ1n) is 5.73. The van der Waals surface area contributed by atoms with Crippen LogP contribution in [0.15, 0.2) is 30.3 Å². The zero-order valence-electron chi connectivity index (χ0n) is 9.82. The molecule has 18 heavy (non-hydrogen) atoms. The van der Waals surface area contributed by atoms with Crippen LogP contribution in [0.2, 0.25) is 0 Å². The Labute approximate surface area is 106 Å². The molecule has 6 heteroatoms. The summed E-state index contributed by atoms with van der Waals surface area (Å²) in [6, 6.07) is 9.38. The molecule has 0 aliphatic carbocycles. The van der Waals surface area contributed by atoms with E-state index in [2.05, 4.69) is 0 Å². The van der Waals surface area contributed by atoms with E-state index in [9.17, 15) is 13.2 Å². The minimum Gasteiger partial charge on any atom is -0.481 e. The highest BCUT2D eigenvalue weighted by Gasteiger charge is 2.39. The van der Waals surface area contributed by atoms with Gasteiger partial charge in [-0.3, -0.25) is 4.79 Å². The zero-order valence-corrected chi connectivity index (χ0v) is 10.6. The van der Waals surface area contributed by atoms with Gasteiger partial charge >= 0.3 is 5.97 Å². The Balaban J connectivity index is 1.88. The quantitative estimate of drug-likeness (QED) is 0.848. The number of carbonyl (C=O) groups is 1. The molecule has 1 N–H and O–H groups in total. The molecule has 1 fully saturated rings. The van der Waals surface area contributed by atoms with Crippen LogP contribution >= 0.6 is 0 Å². The number of benzene rings is 1. The molecule has 0 atom stereocenters. The van der Waals surface area contributed by atoms with Gasteiger partial charge in [-0.15, -0.1) is 0 Å². The summed E-state index contributed by atoms with van der Waals surface area (Å²) in [4.78, 5) is 10.6. The maximum atomic E-state index is 11.9. The highest BCUT2D eigenvalue weighted by atomic mass is 32.2. The van der Waals surface area contributed by atoms with E-state index in [1.165, 1.54) is 4.31 Å². The molecule has 1 aliphatic rings. The third-order valence-electron chi connectivity index (χ3n) is 3.08. The number of aryl methyl sites for hydroxylation is 1. The molecule has 1 aromatic rings. The van der Waals surface area contributed by atoms with Gasteiger partial charge in [-0.2, -0.15) is 0 Å². The van der Waals surface area contributed by atoms with E-state index in [1.807, 2.05) is 30.3 Å². The summed E-state index contributed by atoms with van der Waals surface area (Å²) in [6.45, 7) is 0.207. The van der Waals surface area contributed by atoms with E-state index in [-0.39, 0.29) is 18.8 Å². The van der Waals surface area contributed by atoms with Gasteiger partial charge in [0.05, 0.1) is 11.7 Å². The Morgan fingerprint density at radius 1 is 1.28 bits per heavy atom. The normalized spacial score (nSPS) is 17.3. The van der Waals surface area contributed by atoms with Crippen LogP contribution in [0.5, 0.6) is 0 Å². The molecule has 1 aliphatic heterocycles. The molecule has 1 aromatic carbocycles. The topological polar surface area (TPSA) is 74.7 Å². The van der Waals surface area contributed by atoms with Crippen molar-refractivity contribution in [2.24, 2.45) is 5.92 Å². The maximum Gasteiger partial charge on any atom is 0.309 e. The van der Waals surface area contributed by atoms with Crippen molar-refractivity contribution in [1.82, 2.24) is 4.31 Å². The first-order chi connectivity index (χ1) is 8.49. The fraction of sp³-hybridized carbons (Fsp3) is 0.417. The molecular weight excluding hydrogens is 254 g/mol. The molecule has 1 heterocycles. The average molecular weight is 269 g/mol. The number of aliphatic carboxylic acids is 1. The third kappa shape index (κ3) is 2.88. The predicted molar refractivity (Wildman–Crippen MR) is 66.6 cm³/mol. The lowest BCUT2D eigenvalue weighted by Crippen LogP contribution is -2.53. The molecular formula is C12H15NO4S. The third-order valence-corrected chi connectivity index (χ3v) is 4.89. The molecule has 0 spiro atoms. The Bertz CT molecular complexity index is 520. The number of nitrogens with zero attached hydrogens (tertiary/aromatic N) is 1. The molecule has 2 rings (SSSR count). The Hall–Kier alpha value is -1.40. The van der Waals surface area contributed by atoms with Gasteiger partial charge < -0.3 is 5.11 Å². The minimum absolute atomic E-state index is 0.0311. The molecule has 0 radical (unpaired) electrons. The van der Waals surface area contributed by atoms with Gasteiger partial charge in [0.15, 0.2) is 0 Å². The zero-order chi connectivity index (χ0) is 13.2. The van der Waals surface area contributed by atoms with E-state index in [0.717, 1.165) is 5.56 Å². The van der Waals surface area contributed by atoms with Crippen molar-refractivity contribution in [3.8, 4) is 0 Å². The van der Waals surface area contributed by atoms with Crippen LogP contribution in [0.25, 0.3) is 0 Å². The van der Waals surface area contributed by atoms with Gasteiger partial charge in [-0.05, 0) is 12.0 Å². The van der Waals surface area contributed by atoms with Crippen molar-refractivity contribution in [3.05, 3.63) is 35.9 Å². The molecule has 0 saturated carbocycles. The largest absolute Gasteiger partial charge is 0.481 e.